The average molecular weight is 606 g/mol. The molecule has 10 nitrogen and oxygen atoms in total. The van der Waals surface area contributed by atoms with Crippen LogP contribution < -0.4 is 10.6 Å². The molecule has 0 radical (unpaired) electrons. The van der Waals surface area contributed by atoms with E-state index < -0.39 is 29.4 Å². The van der Waals surface area contributed by atoms with Gasteiger partial charge < -0.3 is 10.1 Å². The van der Waals surface area contributed by atoms with Crippen LogP contribution in [0.25, 0.3) is 11.3 Å². The molecule has 0 aliphatic carbocycles. The van der Waals surface area contributed by atoms with Gasteiger partial charge in [0.2, 0.25) is 5.95 Å². The van der Waals surface area contributed by atoms with Crippen LogP contribution in [-0.2, 0) is 11.3 Å². The summed E-state index contributed by atoms with van der Waals surface area (Å²) in [6.45, 7) is 7.30. The summed E-state index contributed by atoms with van der Waals surface area (Å²) >= 11 is 4.84. The van der Waals surface area contributed by atoms with Crippen LogP contribution in [0.1, 0.15) is 41.7 Å². The van der Waals surface area contributed by atoms with E-state index in [1.165, 1.54) is 34.2 Å². The highest BCUT2D eigenvalue weighted by molar-refractivity contribution is 9.11. The van der Waals surface area contributed by atoms with Gasteiger partial charge in [-0.15, -0.1) is 16.4 Å². The third-order valence-corrected chi connectivity index (χ3v) is 6.43. The second-order valence-corrected chi connectivity index (χ2v) is 11.6. The van der Waals surface area contributed by atoms with Gasteiger partial charge in [0, 0.05) is 22.2 Å². The maximum absolute atomic E-state index is 14.7. The molecule has 4 aromatic rings. The highest BCUT2D eigenvalue weighted by atomic mass is 79.9. The van der Waals surface area contributed by atoms with Crippen LogP contribution in [0.15, 0.2) is 40.6 Å². The van der Waals surface area contributed by atoms with Gasteiger partial charge in [0.25, 0.3) is 5.91 Å². The van der Waals surface area contributed by atoms with Crippen LogP contribution in [0.3, 0.4) is 0 Å². The maximum atomic E-state index is 14.7. The van der Waals surface area contributed by atoms with Gasteiger partial charge >= 0.3 is 6.09 Å². The molecule has 14 heteroatoms. The number of carbonyl (C=O) groups is 2. The number of hydrogen-bond donors (Lipinski definition) is 2. The SMILES string of the molecule is Cc1sc(Br)nc1Cn1cc(-c2cc(NC(=O)c3cc(F)ncc3NC(=O)OC(C)(C)C)ccc2F)nn1. The largest absolute Gasteiger partial charge is 0.444 e. The molecule has 0 bridgehead atoms. The predicted molar refractivity (Wildman–Crippen MR) is 141 cm³/mol. The van der Waals surface area contributed by atoms with Crippen molar-refractivity contribution in [1.82, 2.24) is 25.0 Å². The lowest BCUT2D eigenvalue weighted by Crippen LogP contribution is -2.28. The minimum absolute atomic E-state index is 0.0626. The minimum Gasteiger partial charge on any atom is -0.444 e. The zero-order chi connectivity index (χ0) is 27.6. The summed E-state index contributed by atoms with van der Waals surface area (Å²) in [6.07, 6.45) is 1.73. The smallest absolute Gasteiger partial charge is 0.412 e. The number of rotatable bonds is 6. The summed E-state index contributed by atoms with van der Waals surface area (Å²) in [5, 5.41) is 13.1. The standard InChI is InChI=1S/C24H22BrF2N7O3S/c1-12-18(30-22(25)38-12)10-34-11-19(32-33-34)14-7-13(5-6-16(14)26)29-21(35)15-8-20(27)28-9-17(15)31-23(36)37-24(2,3)4/h5-9,11H,10H2,1-4H3,(H,29,35)(H,31,36). The number of benzene rings is 1. The Morgan fingerprint density at radius 3 is 2.63 bits per heavy atom. The van der Waals surface area contributed by atoms with Gasteiger partial charge in [0.05, 0.1) is 35.9 Å². The predicted octanol–water partition coefficient (Wildman–Crippen LogP) is 5.79. The second-order valence-electron chi connectivity index (χ2n) is 9.10. The molecule has 0 saturated carbocycles. The van der Waals surface area contributed by atoms with Crippen molar-refractivity contribution in [1.29, 1.82) is 0 Å². The van der Waals surface area contributed by atoms with Crippen molar-refractivity contribution in [3.8, 4) is 11.3 Å². The van der Waals surface area contributed by atoms with Gasteiger partial charge in [0.1, 0.15) is 17.1 Å². The number of pyridine rings is 1. The van der Waals surface area contributed by atoms with Crippen molar-refractivity contribution in [2.24, 2.45) is 0 Å². The second kappa shape index (κ2) is 10.9. The zero-order valence-electron chi connectivity index (χ0n) is 20.7. The Bertz CT molecular complexity index is 1520. The molecule has 1 aromatic carbocycles. The van der Waals surface area contributed by atoms with E-state index in [2.05, 4.69) is 46.8 Å². The Hall–Kier alpha value is -3.78. The Kier molecular flexibility index (Phi) is 7.83. The van der Waals surface area contributed by atoms with Crippen LogP contribution >= 0.6 is 27.3 Å². The number of nitrogens with one attached hydrogen (secondary N) is 2. The highest BCUT2D eigenvalue weighted by Crippen LogP contribution is 2.27. The van der Waals surface area contributed by atoms with E-state index in [9.17, 15) is 18.4 Å². The molecule has 0 aliphatic rings. The number of aromatic nitrogens is 5. The van der Waals surface area contributed by atoms with E-state index in [1.54, 1.807) is 27.0 Å². The van der Waals surface area contributed by atoms with E-state index in [4.69, 9.17) is 4.74 Å². The first-order valence-corrected chi connectivity index (χ1v) is 12.8. The highest BCUT2D eigenvalue weighted by Gasteiger charge is 2.21. The number of hydrogen-bond acceptors (Lipinski definition) is 8. The van der Waals surface area contributed by atoms with Crippen molar-refractivity contribution >= 4 is 50.6 Å². The van der Waals surface area contributed by atoms with E-state index >= 15 is 0 Å². The van der Waals surface area contributed by atoms with Gasteiger partial charge in [0.15, 0.2) is 3.92 Å². The summed E-state index contributed by atoms with van der Waals surface area (Å²) in [5.74, 6) is -2.27. The first-order valence-electron chi connectivity index (χ1n) is 11.2. The topological polar surface area (TPSA) is 124 Å². The summed E-state index contributed by atoms with van der Waals surface area (Å²) in [7, 11) is 0. The zero-order valence-corrected chi connectivity index (χ0v) is 23.1. The van der Waals surface area contributed by atoms with Gasteiger partial charge in [-0.25, -0.2) is 23.8 Å². The number of halogens is 3. The summed E-state index contributed by atoms with van der Waals surface area (Å²) in [6, 6.07) is 4.76. The van der Waals surface area contributed by atoms with E-state index in [1.807, 2.05) is 6.92 Å². The van der Waals surface area contributed by atoms with Crippen LogP contribution in [0.4, 0.5) is 25.0 Å². The number of thiazole rings is 1. The molecule has 0 unspecified atom stereocenters. The number of ether oxygens (including phenoxy) is 1. The number of nitrogens with zero attached hydrogens (tertiary/aromatic N) is 5. The number of anilines is 2. The van der Waals surface area contributed by atoms with Crippen molar-refractivity contribution < 1.29 is 23.1 Å². The van der Waals surface area contributed by atoms with Crippen molar-refractivity contribution in [2.75, 3.05) is 10.6 Å². The lowest BCUT2D eigenvalue weighted by molar-refractivity contribution is 0.0636. The molecule has 0 saturated heterocycles. The molecule has 3 heterocycles. The molecule has 38 heavy (non-hydrogen) atoms. The molecule has 4 rings (SSSR count). The van der Waals surface area contributed by atoms with Crippen molar-refractivity contribution in [3.63, 3.8) is 0 Å². The Morgan fingerprint density at radius 2 is 1.95 bits per heavy atom. The van der Waals surface area contributed by atoms with Crippen LogP contribution in [0.2, 0.25) is 0 Å². The van der Waals surface area contributed by atoms with Gasteiger partial charge in [-0.3, -0.25) is 10.1 Å². The van der Waals surface area contributed by atoms with E-state index in [0.717, 1.165) is 26.8 Å². The number of amides is 2. The van der Waals surface area contributed by atoms with E-state index in [-0.39, 0.29) is 28.2 Å². The third-order valence-electron chi connectivity index (χ3n) is 4.97. The monoisotopic (exact) mass is 605 g/mol. The molecule has 0 fully saturated rings. The minimum atomic E-state index is -0.927. The molecule has 2 N–H and O–H groups in total. The molecule has 0 atom stereocenters. The van der Waals surface area contributed by atoms with Crippen LogP contribution in [0, 0.1) is 18.7 Å². The molecular formula is C24H22BrF2N7O3S. The summed E-state index contributed by atoms with van der Waals surface area (Å²) in [4.78, 5) is 34.1. The fraction of sp³-hybridized carbons (Fsp3) is 0.250. The lowest BCUT2D eigenvalue weighted by atomic mass is 10.1. The summed E-state index contributed by atoms with van der Waals surface area (Å²) in [5.41, 5.74) is 0.298. The number of aryl methyl sites for hydroxylation is 1. The fourth-order valence-corrected chi connectivity index (χ4v) is 4.90. The fourth-order valence-electron chi connectivity index (χ4n) is 3.32. The Morgan fingerprint density at radius 1 is 1.18 bits per heavy atom. The van der Waals surface area contributed by atoms with Gasteiger partial charge in [-0.1, -0.05) is 5.21 Å². The average Bonchev–Trinajstić information content (AvgIpc) is 3.40. The quantitative estimate of drug-likeness (QED) is 0.266. The number of carbonyl (C=O) groups excluding carboxylic acids is 2. The lowest BCUT2D eigenvalue weighted by Gasteiger charge is -2.20. The molecule has 0 spiro atoms. The Balaban J connectivity index is 1.54. The van der Waals surface area contributed by atoms with Crippen LogP contribution in [-0.4, -0.2) is 42.6 Å². The molecular weight excluding hydrogens is 584 g/mol. The van der Waals surface area contributed by atoms with Gasteiger partial charge in [-0.2, -0.15) is 4.39 Å². The third kappa shape index (κ3) is 6.75. The van der Waals surface area contributed by atoms with Crippen LogP contribution in [0.5, 0.6) is 0 Å². The Labute approximate surface area is 228 Å². The van der Waals surface area contributed by atoms with Gasteiger partial charge in [-0.05, 0) is 61.8 Å². The molecule has 3 aromatic heterocycles. The molecule has 0 aliphatic heterocycles. The first kappa shape index (κ1) is 27.3. The maximum Gasteiger partial charge on any atom is 0.412 e. The molecule has 198 valence electrons. The molecule has 2 amide bonds. The van der Waals surface area contributed by atoms with E-state index in [0.29, 0.717) is 6.54 Å². The first-order chi connectivity index (χ1) is 17.9. The van der Waals surface area contributed by atoms with Crippen molar-refractivity contribution in [3.05, 3.63) is 68.5 Å². The van der Waals surface area contributed by atoms with Crippen molar-refractivity contribution in [2.45, 2.75) is 39.8 Å². The normalized spacial score (nSPS) is 11.3. The summed E-state index contributed by atoms with van der Waals surface area (Å²) < 4.78 is 36.0.